The van der Waals surface area contributed by atoms with E-state index in [1.54, 1.807) is 6.20 Å². The second-order valence-corrected chi connectivity index (χ2v) is 9.62. The maximum atomic E-state index is 4.22. The molecule has 0 atom stereocenters. The average molecular weight is 685 g/mol. The molecule has 7 rings (SSSR count). The molecular formula is C34H28IrN4+. The van der Waals surface area contributed by atoms with Gasteiger partial charge in [0.25, 0.3) is 6.33 Å². The van der Waals surface area contributed by atoms with E-state index in [1.807, 2.05) is 54.6 Å². The van der Waals surface area contributed by atoms with Gasteiger partial charge in [-0.15, -0.1) is 35.9 Å². The van der Waals surface area contributed by atoms with Crippen LogP contribution in [0.1, 0.15) is 25.3 Å². The maximum Gasteiger partial charge on any atom is 3.00 e. The number of imidazole rings is 1. The van der Waals surface area contributed by atoms with E-state index in [4.69, 9.17) is 0 Å². The smallest absolute Gasteiger partial charge is 0.404 e. The van der Waals surface area contributed by atoms with Crippen LogP contribution < -0.4 is 9.47 Å². The molecule has 0 spiro atoms. The first-order valence-electron chi connectivity index (χ1n) is 12.8. The summed E-state index contributed by atoms with van der Waals surface area (Å²) in [6, 6.07) is 41.5. The molecule has 6 aromatic rings. The van der Waals surface area contributed by atoms with Gasteiger partial charge in [-0.25, -0.2) is 0 Å². The summed E-state index contributed by atoms with van der Waals surface area (Å²) in [7, 11) is 2.11. The number of anilines is 2. The van der Waals surface area contributed by atoms with Crippen LogP contribution in [0.25, 0.3) is 33.7 Å². The van der Waals surface area contributed by atoms with Crippen molar-refractivity contribution < 1.29 is 24.7 Å². The van der Waals surface area contributed by atoms with E-state index in [-0.39, 0.29) is 20.1 Å². The average Bonchev–Trinajstić information content (AvgIpc) is 3.38. The van der Waals surface area contributed by atoms with E-state index in [0.29, 0.717) is 5.92 Å². The summed E-state index contributed by atoms with van der Waals surface area (Å²) in [5, 5.41) is 0. The Morgan fingerprint density at radius 3 is 2.26 bits per heavy atom. The maximum absolute atomic E-state index is 4.22. The molecular weight excluding hydrogens is 657 g/mol. The van der Waals surface area contributed by atoms with Crippen LogP contribution in [0.3, 0.4) is 0 Å². The molecule has 1 aliphatic heterocycles. The van der Waals surface area contributed by atoms with E-state index in [1.165, 1.54) is 11.3 Å². The zero-order valence-electron chi connectivity index (χ0n) is 22.1. The minimum absolute atomic E-state index is 0. The van der Waals surface area contributed by atoms with Gasteiger partial charge in [-0.3, -0.25) is 4.57 Å². The minimum atomic E-state index is 0. The third-order valence-corrected chi connectivity index (χ3v) is 6.89. The van der Waals surface area contributed by atoms with Crippen LogP contribution in [0.4, 0.5) is 11.4 Å². The molecule has 0 saturated carbocycles. The zero-order chi connectivity index (χ0) is 26.1. The Bertz CT molecular complexity index is 1650. The van der Waals surface area contributed by atoms with Crippen LogP contribution in [0.5, 0.6) is 0 Å². The monoisotopic (exact) mass is 685 g/mol. The fraction of sp³-hybridized carbons (Fsp3) is 0.118. The van der Waals surface area contributed by atoms with Gasteiger partial charge in [-0.2, -0.15) is 24.3 Å². The third kappa shape index (κ3) is 5.04. The number of pyridine rings is 1. The van der Waals surface area contributed by atoms with Crippen molar-refractivity contribution >= 4 is 22.4 Å². The Morgan fingerprint density at radius 2 is 1.54 bits per heavy atom. The van der Waals surface area contributed by atoms with Gasteiger partial charge in [0, 0.05) is 11.9 Å². The molecule has 0 bridgehead atoms. The Kier molecular flexibility index (Phi) is 7.74. The van der Waals surface area contributed by atoms with Gasteiger partial charge in [-0.1, -0.05) is 55.9 Å². The standard InChI is InChI=1S/C23H20N3.C11H8N.Ir/c1-16(2)17-11-13-18(14-12-17)25-15-26-20-8-5-4-7-19(20)24(3)21-9-6-10-22(25)23(21)26;1-2-6-10(7-3-1)11-8-4-5-9-12-11;/h4-7,9-14,16H,1-3H3;1-6,8-9H;/q2*-1;+3. The number of nitrogens with zero attached hydrogens (tertiary/aromatic N) is 4. The van der Waals surface area contributed by atoms with E-state index in [9.17, 15) is 0 Å². The van der Waals surface area contributed by atoms with Crippen LogP contribution in [0.2, 0.25) is 0 Å². The quantitative estimate of drug-likeness (QED) is 0.145. The van der Waals surface area contributed by atoms with Crippen molar-refractivity contribution in [2.45, 2.75) is 19.8 Å². The number of benzene rings is 4. The molecule has 0 N–H and O–H groups in total. The fourth-order valence-electron chi connectivity index (χ4n) is 4.84. The number of para-hydroxylation sites is 2. The Labute approximate surface area is 243 Å². The molecule has 0 fully saturated rings. The Balaban J connectivity index is 0.000000200. The molecule has 39 heavy (non-hydrogen) atoms. The zero-order valence-corrected chi connectivity index (χ0v) is 24.5. The van der Waals surface area contributed by atoms with Gasteiger partial charge in [0.15, 0.2) is 0 Å². The number of hydrogen-bond donors (Lipinski definition) is 0. The first-order chi connectivity index (χ1) is 18.6. The molecule has 192 valence electrons. The van der Waals surface area contributed by atoms with Gasteiger partial charge < -0.3 is 14.5 Å². The van der Waals surface area contributed by atoms with Crippen LogP contribution in [0, 0.1) is 18.5 Å². The summed E-state index contributed by atoms with van der Waals surface area (Å²) in [4.78, 5) is 6.45. The summed E-state index contributed by atoms with van der Waals surface area (Å²) in [5.74, 6) is 0.531. The van der Waals surface area contributed by atoms with Crippen molar-refractivity contribution in [3.05, 3.63) is 133 Å². The van der Waals surface area contributed by atoms with Gasteiger partial charge in [0.2, 0.25) is 0 Å². The van der Waals surface area contributed by atoms with E-state index in [2.05, 4.69) is 107 Å². The van der Waals surface area contributed by atoms with Crippen molar-refractivity contribution in [2.24, 2.45) is 0 Å². The van der Waals surface area contributed by atoms with E-state index < -0.39 is 0 Å². The predicted octanol–water partition coefficient (Wildman–Crippen LogP) is 7.26. The molecule has 0 saturated heterocycles. The summed E-state index contributed by atoms with van der Waals surface area (Å²) < 4.78 is 4.28. The first kappa shape index (κ1) is 26.6. The molecule has 1 aliphatic rings. The van der Waals surface area contributed by atoms with Crippen molar-refractivity contribution in [1.82, 2.24) is 9.55 Å². The fourth-order valence-corrected chi connectivity index (χ4v) is 4.84. The minimum Gasteiger partial charge on any atom is -0.404 e. The van der Waals surface area contributed by atoms with Gasteiger partial charge >= 0.3 is 20.1 Å². The van der Waals surface area contributed by atoms with Crippen LogP contribution in [-0.2, 0) is 20.1 Å². The molecule has 3 heterocycles. The summed E-state index contributed by atoms with van der Waals surface area (Å²) in [6.45, 7) is 4.44. The number of fused-ring (bicyclic) bond motifs is 2. The van der Waals surface area contributed by atoms with Gasteiger partial charge in [-0.05, 0) is 54.2 Å². The summed E-state index contributed by atoms with van der Waals surface area (Å²) in [5.41, 5.74) is 10.2. The number of rotatable bonds is 3. The molecule has 4 aromatic carbocycles. The van der Waals surface area contributed by atoms with Gasteiger partial charge in [0.1, 0.15) is 5.52 Å². The molecule has 0 radical (unpaired) electrons. The topological polar surface area (TPSA) is 24.9 Å². The summed E-state index contributed by atoms with van der Waals surface area (Å²) in [6.07, 6.45) is 5.34. The van der Waals surface area contributed by atoms with Gasteiger partial charge in [0.05, 0.1) is 11.2 Å². The second-order valence-electron chi connectivity index (χ2n) is 9.62. The second kappa shape index (κ2) is 11.4. The largest absolute Gasteiger partial charge is 3.00 e. The molecule has 4 nitrogen and oxygen atoms in total. The van der Waals surface area contributed by atoms with Crippen LogP contribution in [0.15, 0.2) is 109 Å². The van der Waals surface area contributed by atoms with Crippen molar-refractivity contribution in [2.75, 3.05) is 11.9 Å². The van der Waals surface area contributed by atoms with E-state index in [0.717, 1.165) is 39.4 Å². The Morgan fingerprint density at radius 1 is 0.769 bits per heavy atom. The molecule has 5 heteroatoms. The van der Waals surface area contributed by atoms with Crippen LogP contribution in [-0.4, -0.2) is 16.6 Å². The SMILES string of the molecule is CC(C)c1ccc(-n2[c-][n+]3c4c(cccc42)N(C)c2ccc[c-]c2-3)cc1.[Ir+3].[c-]1ccccc1-c1ccccn1. The van der Waals surface area contributed by atoms with Crippen molar-refractivity contribution in [3.63, 3.8) is 0 Å². The predicted molar refractivity (Wildman–Crippen MR) is 153 cm³/mol. The number of hydrogen-bond acceptors (Lipinski definition) is 2. The van der Waals surface area contributed by atoms with E-state index >= 15 is 0 Å². The molecule has 0 amide bonds. The van der Waals surface area contributed by atoms with Crippen molar-refractivity contribution in [1.29, 1.82) is 0 Å². The molecule has 0 aliphatic carbocycles. The van der Waals surface area contributed by atoms with Crippen molar-refractivity contribution in [3.8, 4) is 22.6 Å². The number of aromatic nitrogens is 3. The third-order valence-electron chi connectivity index (χ3n) is 6.89. The summed E-state index contributed by atoms with van der Waals surface area (Å²) >= 11 is 0. The molecule has 2 aromatic heterocycles. The Hall–Kier alpha value is -4.05. The van der Waals surface area contributed by atoms with Crippen LogP contribution >= 0.6 is 0 Å². The first-order valence-corrected chi connectivity index (χ1v) is 12.8. The normalized spacial score (nSPS) is 11.4. The molecule has 0 unspecified atom stereocenters.